The predicted molar refractivity (Wildman–Crippen MR) is 103 cm³/mol. The molecule has 3 aromatic rings. The maximum absolute atomic E-state index is 12.7. The summed E-state index contributed by atoms with van der Waals surface area (Å²) in [5, 5.41) is 22.2. The van der Waals surface area contributed by atoms with Crippen LogP contribution in [0.4, 0.5) is 17.1 Å². The lowest BCUT2D eigenvalue weighted by Gasteiger charge is -2.04. The SMILES string of the molecule is Cc1cc(C)c(N=Nc2c(C)[nH]n(-c3ccc([N+](=O)[O-])cc3)c2=O)c(C)c1. The summed E-state index contributed by atoms with van der Waals surface area (Å²) in [7, 11) is 0. The summed E-state index contributed by atoms with van der Waals surface area (Å²) in [6.45, 7) is 7.65. The van der Waals surface area contributed by atoms with Gasteiger partial charge in [-0.2, -0.15) is 0 Å². The number of nitro benzene ring substituents is 1. The number of nitro groups is 1. The molecule has 1 aromatic heterocycles. The van der Waals surface area contributed by atoms with E-state index < -0.39 is 4.92 Å². The van der Waals surface area contributed by atoms with Gasteiger partial charge in [-0.15, -0.1) is 10.2 Å². The normalized spacial score (nSPS) is 11.3. The zero-order chi connectivity index (χ0) is 19.7. The molecule has 1 N–H and O–H groups in total. The molecule has 8 heteroatoms. The lowest BCUT2D eigenvalue weighted by atomic mass is 10.1. The quantitative estimate of drug-likeness (QED) is 0.410. The first-order valence-electron chi connectivity index (χ1n) is 8.34. The van der Waals surface area contributed by atoms with Gasteiger partial charge in [0.15, 0.2) is 5.69 Å². The molecule has 0 unspecified atom stereocenters. The number of aryl methyl sites for hydroxylation is 4. The molecule has 0 bridgehead atoms. The molecule has 0 spiro atoms. The fourth-order valence-corrected chi connectivity index (χ4v) is 2.99. The number of hydrogen-bond acceptors (Lipinski definition) is 5. The van der Waals surface area contributed by atoms with Gasteiger partial charge in [0, 0.05) is 12.1 Å². The predicted octanol–water partition coefficient (Wildman–Crippen LogP) is 4.72. The van der Waals surface area contributed by atoms with Gasteiger partial charge in [0.2, 0.25) is 0 Å². The number of benzene rings is 2. The Morgan fingerprint density at radius 2 is 1.52 bits per heavy atom. The van der Waals surface area contributed by atoms with Gasteiger partial charge in [-0.1, -0.05) is 17.7 Å². The van der Waals surface area contributed by atoms with E-state index in [0.717, 1.165) is 22.4 Å². The Morgan fingerprint density at radius 3 is 2.07 bits per heavy atom. The second-order valence-electron chi connectivity index (χ2n) is 6.45. The van der Waals surface area contributed by atoms with Gasteiger partial charge < -0.3 is 0 Å². The number of non-ortho nitro benzene ring substituents is 1. The van der Waals surface area contributed by atoms with Crippen molar-refractivity contribution in [3.05, 3.63) is 79.3 Å². The number of nitrogens with zero attached hydrogens (tertiary/aromatic N) is 4. The van der Waals surface area contributed by atoms with E-state index in [9.17, 15) is 14.9 Å². The van der Waals surface area contributed by atoms with Crippen LogP contribution in [0.5, 0.6) is 0 Å². The maximum Gasteiger partial charge on any atom is 0.299 e. The van der Waals surface area contributed by atoms with Crippen LogP contribution in [0, 0.1) is 37.8 Å². The molecule has 8 nitrogen and oxygen atoms in total. The van der Waals surface area contributed by atoms with E-state index in [2.05, 4.69) is 15.3 Å². The van der Waals surface area contributed by atoms with Crippen LogP contribution in [0.15, 0.2) is 51.4 Å². The Bertz CT molecular complexity index is 1080. The molecule has 0 fully saturated rings. The Balaban J connectivity index is 2.00. The van der Waals surface area contributed by atoms with Crippen molar-refractivity contribution in [1.82, 2.24) is 9.78 Å². The summed E-state index contributed by atoms with van der Waals surface area (Å²) in [6.07, 6.45) is 0. The fourth-order valence-electron chi connectivity index (χ4n) is 2.99. The summed E-state index contributed by atoms with van der Waals surface area (Å²) < 4.78 is 1.29. The second kappa shape index (κ2) is 6.99. The summed E-state index contributed by atoms with van der Waals surface area (Å²) in [5.41, 5.74) is 4.69. The lowest BCUT2D eigenvalue weighted by Crippen LogP contribution is -2.13. The molecule has 0 saturated heterocycles. The Kier molecular flexibility index (Phi) is 4.72. The van der Waals surface area contributed by atoms with Crippen molar-refractivity contribution in [1.29, 1.82) is 0 Å². The van der Waals surface area contributed by atoms with Gasteiger partial charge in [-0.3, -0.25) is 20.0 Å². The summed E-state index contributed by atoms with van der Waals surface area (Å²) in [6, 6.07) is 9.73. The van der Waals surface area contributed by atoms with Crippen molar-refractivity contribution in [2.75, 3.05) is 0 Å². The van der Waals surface area contributed by atoms with E-state index in [0.29, 0.717) is 11.4 Å². The third kappa shape index (κ3) is 3.55. The van der Waals surface area contributed by atoms with Crippen LogP contribution in [0.25, 0.3) is 5.69 Å². The first-order valence-corrected chi connectivity index (χ1v) is 8.34. The number of hydrogen-bond donors (Lipinski definition) is 1. The second-order valence-corrected chi connectivity index (χ2v) is 6.45. The number of aromatic amines is 1. The molecule has 0 aliphatic rings. The van der Waals surface area contributed by atoms with Crippen molar-refractivity contribution in [3.8, 4) is 5.69 Å². The van der Waals surface area contributed by atoms with Gasteiger partial charge in [0.1, 0.15) is 0 Å². The fraction of sp³-hybridized carbons (Fsp3) is 0.211. The maximum atomic E-state index is 12.7. The van der Waals surface area contributed by atoms with E-state index in [1.807, 2.05) is 32.9 Å². The molecule has 0 radical (unpaired) electrons. The zero-order valence-electron chi connectivity index (χ0n) is 15.5. The summed E-state index contributed by atoms with van der Waals surface area (Å²) in [5.74, 6) is 0. The largest absolute Gasteiger partial charge is 0.299 e. The Labute approximate surface area is 155 Å². The molecule has 3 rings (SSSR count). The minimum atomic E-state index is -0.488. The highest BCUT2D eigenvalue weighted by atomic mass is 16.6. The van der Waals surface area contributed by atoms with Crippen LogP contribution < -0.4 is 5.56 Å². The average molecular weight is 365 g/mol. The first kappa shape index (κ1) is 18.2. The smallest absolute Gasteiger partial charge is 0.293 e. The highest BCUT2D eigenvalue weighted by molar-refractivity contribution is 5.54. The summed E-state index contributed by atoms with van der Waals surface area (Å²) >= 11 is 0. The van der Waals surface area contributed by atoms with Crippen molar-refractivity contribution in [3.63, 3.8) is 0 Å². The zero-order valence-corrected chi connectivity index (χ0v) is 15.5. The van der Waals surface area contributed by atoms with Crippen molar-refractivity contribution >= 4 is 17.1 Å². The molecule has 0 atom stereocenters. The number of H-pyrrole nitrogens is 1. The van der Waals surface area contributed by atoms with E-state index in [1.54, 1.807) is 6.92 Å². The summed E-state index contributed by atoms with van der Waals surface area (Å²) in [4.78, 5) is 23.0. The Hall–Kier alpha value is -3.55. The number of azo groups is 1. The van der Waals surface area contributed by atoms with Gasteiger partial charge in [0.25, 0.3) is 11.2 Å². The number of nitrogens with one attached hydrogen (secondary N) is 1. The lowest BCUT2D eigenvalue weighted by molar-refractivity contribution is -0.384. The van der Waals surface area contributed by atoms with Gasteiger partial charge in [-0.05, 0) is 51.0 Å². The van der Waals surface area contributed by atoms with E-state index in [1.165, 1.54) is 28.9 Å². The molecular weight excluding hydrogens is 346 g/mol. The molecule has 0 saturated carbocycles. The third-order valence-electron chi connectivity index (χ3n) is 4.24. The topological polar surface area (TPSA) is 106 Å². The standard InChI is InChI=1S/C19H19N5O3/c1-11-9-12(2)17(13(3)10-11)20-21-18-14(4)22-23(19(18)25)15-5-7-16(8-6-15)24(26)27/h5-10,22H,1-4H3. The van der Waals surface area contributed by atoms with Gasteiger partial charge in [-0.25, -0.2) is 4.68 Å². The average Bonchev–Trinajstić information content (AvgIpc) is 2.88. The minimum absolute atomic E-state index is 0.0414. The molecule has 138 valence electrons. The number of rotatable bonds is 4. The first-order chi connectivity index (χ1) is 12.8. The van der Waals surface area contributed by atoms with Crippen LogP contribution in [0.2, 0.25) is 0 Å². The van der Waals surface area contributed by atoms with Crippen molar-refractivity contribution in [2.24, 2.45) is 10.2 Å². The highest BCUT2D eigenvalue weighted by Crippen LogP contribution is 2.27. The number of aromatic nitrogens is 2. The van der Waals surface area contributed by atoms with Crippen LogP contribution in [-0.4, -0.2) is 14.7 Å². The van der Waals surface area contributed by atoms with E-state index in [-0.39, 0.29) is 16.9 Å². The molecule has 2 aromatic carbocycles. The monoisotopic (exact) mass is 365 g/mol. The van der Waals surface area contributed by atoms with E-state index in [4.69, 9.17) is 0 Å². The van der Waals surface area contributed by atoms with Crippen molar-refractivity contribution in [2.45, 2.75) is 27.7 Å². The van der Waals surface area contributed by atoms with Gasteiger partial charge >= 0.3 is 0 Å². The third-order valence-corrected chi connectivity index (χ3v) is 4.24. The molecule has 1 heterocycles. The van der Waals surface area contributed by atoms with Crippen molar-refractivity contribution < 1.29 is 4.92 Å². The van der Waals surface area contributed by atoms with Crippen LogP contribution in [-0.2, 0) is 0 Å². The molecule has 27 heavy (non-hydrogen) atoms. The van der Waals surface area contributed by atoms with Crippen LogP contribution in [0.1, 0.15) is 22.4 Å². The molecule has 0 amide bonds. The van der Waals surface area contributed by atoms with E-state index >= 15 is 0 Å². The van der Waals surface area contributed by atoms with Gasteiger partial charge in [0.05, 0.1) is 22.0 Å². The van der Waals surface area contributed by atoms with Crippen LogP contribution in [0.3, 0.4) is 0 Å². The molecular formula is C19H19N5O3. The Morgan fingerprint density at radius 1 is 0.963 bits per heavy atom. The molecule has 0 aliphatic heterocycles. The molecule has 0 aliphatic carbocycles. The minimum Gasteiger partial charge on any atom is -0.293 e. The van der Waals surface area contributed by atoms with Crippen LogP contribution >= 0.6 is 0 Å². The highest BCUT2D eigenvalue weighted by Gasteiger charge is 2.14.